The average molecular weight is 367 g/mol. The molecule has 0 saturated carbocycles. The molecule has 1 fully saturated rings. The zero-order valence-corrected chi connectivity index (χ0v) is 15.5. The lowest BCUT2D eigenvalue weighted by Crippen LogP contribution is -2.48. The van der Waals surface area contributed by atoms with Gasteiger partial charge < -0.3 is 20.3 Å². The third-order valence-corrected chi connectivity index (χ3v) is 4.50. The molecule has 1 atom stereocenters. The molecule has 0 aliphatic carbocycles. The van der Waals surface area contributed by atoms with Gasteiger partial charge in [-0.05, 0) is 43.5 Å². The lowest BCUT2D eigenvalue weighted by molar-refractivity contribution is -0.128. The Morgan fingerprint density at radius 3 is 2.70 bits per heavy atom. The van der Waals surface area contributed by atoms with E-state index in [1.807, 2.05) is 66.5 Å². The Labute approximate surface area is 159 Å². The Morgan fingerprint density at radius 1 is 1.15 bits per heavy atom. The van der Waals surface area contributed by atoms with Gasteiger partial charge in [-0.15, -0.1) is 0 Å². The lowest BCUT2D eigenvalue weighted by Gasteiger charge is -2.23. The van der Waals surface area contributed by atoms with E-state index in [9.17, 15) is 9.59 Å². The van der Waals surface area contributed by atoms with Gasteiger partial charge >= 0.3 is 0 Å². The summed E-state index contributed by atoms with van der Waals surface area (Å²) < 4.78 is 5.96. The maximum Gasteiger partial charge on any atom is 0.242 e. The van der Waals surface area contributed by atoms with Crippen LogP contribution < -0.4 is 20.3 Å². The second-order valence-electron chi connectivity index (χ2n) is 6.65. The quantitative estimate of drug-likeness (QED) is 0.824. The fraction of sp³-hybridized carbons (Fsp3) is 0.333. The van der Waals surface area contributed by atoms with Crippen molar-refractivity contribution < 1.29 is 14.3 Å². The minimum Gasteiger partial charge on any atom is -0.455 e. The summed E-state index contributed by atoms with van der Waals surface area (Å²) in [5.74, 6) is 1.12. The topological polar surface area (TPSA) is 70.7 Å². The van der Waals surface area contributed by atoms with Gasteiger partial charge in [0, 0.05) is 13.6 Å². The Balaban J connectivity index is 1.64. The second-order valence-corrected chi connectivity index (χ2v) is 6.65. The van der Waals surface area contributed by atoms with Crippen molar-refractivity contribution in [1.29, 1.82) is 0 Å². The predicted octanol–water partition coefficient (Wildman–Crippen LogP) is 2.70. The summed E-state index contributed by atoms with van der Waals surface area (Å²) >= 11 is 0. The van der Waals surface area contributed by atoms with Crippen LogP contribution in [0.25, 0.3) is 0 Å². The Hall–Kier alpha value is -3.02. The molecule has 2 aromatic rings. The molecule has 1 aliphatic heterocycles. The highest BCUT2D eigenvalue weighted by Crippen LogP contribution is 2.31. The van der Waals surface area contributed by atoms with Gasteiger partial charge in [0.1, 0.15) is 11.8 Å². The predicted molar refractivity (Wildman–Crippen MR) is 105 cm³/mol. The van der Waals surface area contributed by atoms with E-state index in [-0.39, 0.29) is 18.4 Å². The third kappa shape index (κ3) is 5.23. The van der Waals surface area contributed by atoms with Gasteiger partial charge in [0.15, 0.2) is 5.75 Å². The van der Waals surface area contributed by atoms with Crippen LogP contribution in [0.15, 0.2) is 54.6 Å². The van der Waals surface area contributed by atoms with E-state index in [0.29, 0.717) is 18.7 Å². The van der Waals surface area contributed by atoms with Gasteiger partial charge in [-0.1, -0.05) is 30.3 Å². The summed E-state index contributed by atoms with van der Waals surface area (Å²) in [6.45, 7) is 0.814. The highest BCUT2D eigenvalue weighted by molar-refractivity contribution is 5.89. The van der Waals surface area contributed by atoms with Crippen molar-refractivity contribution in [2.45, 2.75) is 25.3 Å². The zero-order chi connectivity index (χ0) is 19.1. The Kier molecular flexibility index (Phi) is 6.30. The van der Waals surface area contributed by atoms with Crippen LogP contribution in [0.4, 0.5) is 5.69 Å². The van der Waals surface area contributed by atoms with E-state index in [4.69, 9.17) is 4.74 Å². The van der Waals surface area contributed by atoms with Crippen LogP contribution in [-0.2, 0) is 9.59 Å². The molecule has 2 N–H and O–H groups in total. The standard InChI is InChI=1S/C21H25N3O3/c1-24(15-20(25)23-17-11-7-8-14-22-21(17)26)18-12-5-6-13-19(18)27-16-9-3-2-4-10-16/h2-6,9-10,12-13,17H,7-8,11,14-15H2,1H3,(H,22,26)(H,23,25)/t17-/m1/s1. The van der Waals surface area contributed by atoms with Gasteiger partial charge in [-0.25, -0.2) is 0 Å². The van der Waals surface area contributed by atoms with Gasteiger partial charge in [0.2, 0.25) is 11.8 Å². The molecule has 0 bridgehead atoms. The number of likely N-dealkylation sites (N-methyl/N-ethyl adjacent to an activating group) is 1. The number of hydrogen-bond donors (Lipinski definition) is 2. The number of carbonyl (C=O) groups is 2. The first-order valence-electron chi connectivity index (χ1n) is 9.23. The minimum atomic E-state index is -0.454. The highest BCUT2D eigenvalue weighted by atomic mass is 16.5. The normalized spacial score (nSPS) is 16.8. The van der Waals surface area contributed by atoms with Crippen LogP contribution >= 0.6 is 0 Å². The molecule has 0 spiro atoms. The number of para-hydroxylation sites is 3. The minimum absolute atomic E-state index is 0.101. The van der Waals surface area contributed by atoms with Gasteiger partial charge in [0.05, 0.1) is 12.2 Å². The smallest absolute Gasteiger partial charge is 0.242 e. The van der Waals surface area contributed by atoms with Crippen molar-refractivity contribution in [3.05, 3.63) is 54.6 Å². The van der Waals surface area contributed by atoms with Gasteiger partial charge in [0.25, 0.3) is 0 Å². The maximum atomic E-state index is 12.4. The number of amides is 2. The van der Waals surface area contributed by atoms with Gasteiger partial charge in [-0.2, -0.15) is 0 Å². The number of nitrogens with zero attached hydrogens (tertiary/aromatic N) is 1. The highest BCUT2D eigenvalue weighted by Gasteiger charge is 2.23. The fourth-order valence-corrected chi connectivity index (χ4v) is 3.09. The fourth-order valence-electron chi connectivity index (χ4n) is 3.09. The number of nitrogens with one attached hydrogen (secondary N) is 2. The number of ether oxygens (including phenoxy) is 1. The molecule has 6 nitrogen and oxygen atoms in total. The van der Waals surface area contributed by atoms with E-state index in [1.165, 1.54) is 0 Å². The second kappa shape index (κ2) is 9.07. The molecule has 6 heteroatoms. The molecule has 2 amide bonds. The Morgan fingerprint density at radius 2 is 1.89 bits per heavy atom. The van der Waals surface area contributed by atoms with Crippen LogP contribution in [0.1, 0.15) is 19.3 Å². The van der Waals surface area contributed by atoms with Crippen molar-refractivity contribution >= 4 is 17.5 Å². The number of anilines is 1. The van der Waals surface area contributed by atoms with Crippen LogP contribution in [0.5, 0.6) is 11.5 Å². The SMILES string of the molecule is CN(CC(=O)N[C@@H]1CCCCNC1=O)c1ccccc1Oc1ccccc1. The Bertz CT molecular complexity index is 779. The molecule has 3 rings (SSSR count). The molecule has 142 valence electrons. The number of rotatable bonds is 6. The van der Waals surface area contributed by atoms with Crippen molar-refractivity contribution in [3.63, 3.8) is 0 Å². The third-order valence-electron chi connectivity index (χ3n) is 4.50. The van der Waals surface area contributed by atoms with Crippen LogP contribution in [-0.4, -0.2) is 38.0 Å². The largest absolute Gasteiger partial charge is 0.455 e. The van der Waals surface area contributed by atoms with Crippen molar-refractivity contribution in [1.82, 2.24) is 10.6 Å². The zero-order valence-electron chi connectivity index (χ0n) is 15.5. The van der Waals surface area contributed by atoms with Crippen molar-refractivity contribution in [2.75, 3.05) is 25.0 Å². The summed E-state index contributed by atoms with van der Waals surface area (Å²) in [7, 11) is 1.83. The van der Waals surface area contributed by atoms with E-state index in [2.05, 4.69) is 10.6 Å². The molecular weight excluding hydrogens is 342 g/mol. The molecule has 1 heterocycles. The van der Waals surface area contributed by atoms with E-state index >= 15 is 0 Å². The molecule has 2 aromatic carbocycles. The monoisotopic (exact) mass is 367 g/mol. The number of hydrogen-bond acceptors (Lipinski definition) is 4. The molecule has 1 saturated heterocycles. The number of carbonyl (C=O) groups excluding carboxylic acids is 2. The first-order valence-corrected chi connectivity index (χ1v) is 9.23. The molecule has 1 aliphatic rings. The van der Waals surface area contributed by atoms with Crippen LogP contribution in [0.3, 0.4) is 0 Å². The maximum absolute atomic E-state index is 12.4. The van der Waals surface area contributed by atoms with Crippen LogP contribution in [0, 0.1) is 0 Å². The summed E-state index contributed by atoms with van der Waals surface area (Å²) in [6, 6.07) is 16.6. The lowest BCUT2D eigenvalue weighted by atomic mass is 10.1. The van der Waals surface area contributed by atoms with E-state index in [0.717, 1.165) is 24.3 Å². The first kappa shape index (κ1) is 18.8. The van der Waals surface area contributed by atoms with Gasteiger partial charge in [-0.3, -0.25) is 9.59 Å². The van der Waals surface area contributed by atoms with E-state index < -0.39 is 6.04 Å². The van der Waals surface area contributed by atoms with Crippen molar-refractivity contribution in [3.8, 4) is 11.5 Å². The van der Waals surface area contributed by atoms with Crippen LogP contribution in [0.2, 0.25) is 0 Å². The molecule has 27 heavy (non-hydrogen) atoms. The average Bonchev–Trinajstić information content (AvgIpc) is 2.87. The molecular formula is C21H25N3O3. The first-order chi connectivity index (χ1) is 13.1. The van der Waals surface area contributed by atoms with E-state index in [1.54, 1.807) is 0 Å². The molecule has 0 radical (unpaired) electrons. The molecule has 0 aromatic heterocycles. The number of benzene rings is 2. The van der Waals surface area contributed by atoms with Crippen molar-refractivity contribution in [2.24, 2.45) is 0 Å². The summed E-state index contributed by atoms with van der Waals surface area (Å²) in [5, 5.41) is 5.68. The summed E-state index contributed by atoms with van der Waals surface area (Å²) in [4.78, 5) is 26.3. The molecule has 0 unspecified atom stereocenters. The summed E-state index contributed by atoms with van der Waals surface area (Å²) in [5.41, 5.74) is 0.807. The summed E-state index contributed by atoms with van der Waals surface area (Å²) in [6.07, 6.45) is 2.55.